The van der Waals surface area contributed by atoms with Crippen LogP contribution in [-0.2, 0) is 9.53 Å². The van der Waals surface area contributed by atoms with E-state index in [9.17, 15) is 4.79 Å². The van der Waals surface area contributed by atoms with E-state index in [1.54, 1.807) is 0 Å². The largest absolute Gasteiger partial charge is 0.379 e. The summed E-state index contributed by atoms with van der Waals surface area (Å²) in [6.07, 6.45) is 10.4. The lowest BCUT2D eigenvalue weighted by Gasteiger charge is -2.46. The van der Waals surface area contributed by atoms with E-state index in [0.29, 0.717) is 12.1 Å². The summed E-state index contributed by atoms with van der Waals surface area (Å²) in [6.45, 7) is 12.1. The van der Waals surface area contributed by atoms with Crippen molar-refractivity contribution in [1.82, 2.24) is 20.4 Å². The van der Waals surface area contributed by atoms with E-state index >= 15 is 0 Å². The minimum atomic E-state index is -0.782. The van der Waals surface area contributed by atoms with Crippen molar-refractivity contribution in [2.24, 2.45) is 27.8 Å². The zero-order valence-electron chi connectivity index (χ0n) is 24.3. The van der Waals surface area contributed by atoms with Crippen molar-refractivity contribution >= 4 is 23.7 Å². The SMILES string of the molecule is CCCC1(CC)CCC(Cl)C=NC(C(C(=O)NC2CNCCC2N2CCC(N3CCOCC3)CC2)C(N)N)C1. The smallest absolute Gasteiger partial charge is 0.228 e. The molecule has 0 aromatic carbocycles. The molecule has 0 bridgehead atoms. The lowest BCUT2D eigenvalue weighted by atomic mass is 9.69. The summed E-state index contributed by atoms with van der Waals surface area (Å²) in [4.78, 5) is 24.0. The van der Waals surface area contributed by atoms with Crippen LogP contribution in [0, 0.1) is 11.3 Å². The number of hydrogen-bond donors (Lipinski definition) is 4. The van der Waals surface area contributed by atoms with Crippen LogP contribution < -0.4 is 22.1 Å². The van der Waals surface area contributed by atoms with Crippen molar-refractivity contribution in [3.63, 3.8) is 0 Å². The minimum absolute atomic E-state index is 0.0253. The van der Waals surface area contributed by atoms with Crippen LogP contribution in [0.2, 0.25) is 0 Å². The Balaban J connectivity index is 1.43. The number of piperidine rings is 2. The van der Waals surface area contributed by atoms with Gasteiger partial charge in [-0.1, -0.05) is 26.7 Å². The van der Waals surface area contributed by atoms with Crippen LogP contribution in [0.3, 0.4) is 0 Å². The topological polar surface area (TPSA) is 121 Å². The van der Waals surface area contributed by atoms with Crippen molar-refractivity contribution in [3.8, 4) is 0 Å². The highest BCUT2D eigenvalue weighted by Gasteiger charge is 2.42. The molecule has 4 aliphatic heterocycles. The third kappa shape index (κ3) is 8.15. The van der Waals surface area contributed by atoms with Crippen LogP contribution >= 0.6 is 11.6 Å². The third-order valence-corrected chi connectivity index (χ3v) is 10.3. The highest BCUT2D eigenvalue weighted by atomic mass is 35.5. The number of carbonyl (C=O) groups is 1. The molecule has 9 nitrogen and oxygen atoms in total. The molecule has 10 heteroatoms. The van der Waals surface area contributed by atoms with Crippen molar-refractivity contribution in [3.05, 3.63) is 0 Å². The fraction of sp³-hybridized carbons (Fsp3) is 0.931. The first-order chi connectivity index (χ1) is 18.9. The number of nitrogens with one attached hydrogen (secondary N) is 2. The summed E-state index contributed by atoms with van der Waals surface area (Å²) in [5.74, 6) is -0.650. The molecule has 4 aliphatic rings. The monoisotopic (exact) mass is 567 g/mol. The molecular formula is C29H54ClN7O2. The molecule has 1 amide bonds. The fourth-order valence-corrected chi connectivity index (χ4v) is 7.81. The zero-order chi connectivity index (χ0) is 27.8. The average molecular weight is 568 g/mol. The Kier molecular flexibility index (Phi) is 11.9. The van der Waals surface area contributed by atoms with E-state index in [-0.39, 0.29) is 28.8 Å². The Bertz CT molecular complexity index is 788. The van der Waals surface area contributed by atoms with Crippen LogP contribution in [-0.4, -0.2) is 110 Å². The van der Waals surface area contributed by atoms with Gasteiger partial charge >= 0.3 is 0 Å². The van der Waals surface area contributed by atoms with Gasteiger partial charge in [-0.25, -0.2) is 0 Å². The average Bonchev–Trinajstić information content (AvgIpc) is 2.94. The van der Waals surface area contributed by atoms with Gasteiger partial charge in [-0.05, 0) is 56.9 Å². The highest BCUT2D eigenvalue weighted by molar-refractivity contribution is 6.28. The Morgan fingerprint density at radius 1 is 1.15 bits per heavy atom. The van der Waals surface area contributed by atoms with Crippen molar-refractivity contribution < 1.29 is 9.53 Å². The van der Waals surface area contributed by atoms with E-state index in [1.807, 2.05) is 6.21 Å². The molecule has 6 atom stereocenters. The third-order valence-electron chi connectivity index (χ3n) is 10.00. The van der Waals surface area contributed by atoms with Gasteiger partial charge in [-0.15, -0.1) is 11.6 Å². The highest BCUT2D eigenvalue weighted by Crippen LogP contribution is 2.42. The van der Waals surface area contributed by atoms with Gasteiger partial charge in [0.2, 0.25) is 5.91 Å². The van der Waals surface area contributed by atoms with Gasteiger partial charge < -0.3 is 26.8 Å². The molecule has 0 radical (unpaired) electrons. The number of nitrogens with zero attached hydrogens (tertiary/aromatic N) is 3. The Labute approximate surface area is 241 Å². The molecular weight excluding hydrogens is 514 g/mol. The van der Waals surface area contributed by atoms with Crippen LogP contribution in [0.25, 0.3) is 0 Å². The van der Waals surface area contributed by atoms with E-state index in [4.69, 9.17) is 32.8 Å². The molecule has 224 valence electrons. The minimum Gasteiger partial charge on any atom is -0.379 e. The van der Waals surface area contributed by atoms with Gasteiger partial charge in [0.15, 0.2) is 0 Å². The lowest BCUT2D eigenvalue weighted by molar-refractivity contribution is -0.128. The molecule has 4 rings (SSSR count). The van der Waals surface area contributed by atoms with Crippen LogP contribution in [0.1, 0.15) is 71.6 Å². The van der Waals surface area contributed by atoms with E-state index in [2.05, 4.69) is 34.3 Å². The molecule has 4 heterocycles. The number of aliphatic imine (C=N–C) groups is 1. The second-order valence-corrected chi connectivity index (χ2v) is 13.0. The van der Waals surface area contributed by atoms with Crippen molar-refractivity contribution in [2.75, 3.05) is 52.5 Å². The Morgan fingerprint density at radius 2 is 1.90 bits per heavy atom. The summed E-state index contributed by atoms with van der Waals surface area (Å²) < 4.78 is 5.55. The first-order valence-electron chi connectivity index (χ1n) is 15.6. The number of nitrogens with two attached hydrogens (primary N) is 2. The molecule has 39 heavy (non-hydrogen) atoms. The van der Waals surface area contributed by atoms with E-state index in [0.717, 1.165) is 97.4 Å². The van der Waals surface area contributed by atoms with Crippen molar-refractivity contribution in [1.29, 1.82) is 0 Å². The van der Waals surface area contributed by atoms with Gasteiger partial charge in [0.25, 0.3) is 0 Å². The maximum Gasteiger partial charge on any atom is 0.228 e. The molecule has 0 aliphatic carbocycles. The van der Waals surface area contributed by atoms with E-state index < -0.39 is 12.1 Å². The number of rotatable bonds is 9. The summed E-state index contributed by atoms with van der Waals surface area (Å²) in [5.41, 5.74) is 12.8. The lowest BCUT2D eigenvalue weighted by Crippen LogP contribution is -2.64. The second-order valence-electron chi connectivity index (χ2n) is 12.4. The first kappa shape index (κ1) is 31.1. The van der Waals surface area contributed by atoms with Gasteiger partial charge in [0, 0.05) is 51.0 Å². The molecule has 3 saturated heterocycles. The predicted octanol–water partition coefficient (Wildman–Crippen LogP) is 1.92. The molecule has 3 fully saturated rings. The van der Waals surface area contributed by atoms with E-state index in [1.165, 1.54) is 12.8 Å². The van der Waals surface area contributed by atoms with Gasteiger partial charge in [0.1, 0.15) is 0 Å². The molecule has 6 unspecified atom stereocenters. The standard InChI is InChI=1S/C29H54ClN7O2/c1-3-9-29(4-2)10-5-21(30)19-34-23(18-29)26(27(31)32)28(38)35-24-20-33-11-6-25(24)37-12-7-22(8-13-37)36-14-16-39-17-15-36/h19,21-27,33H,3-18,20,31-32H2,1-2H3,(H,35,38). The van der Waals surface area contributed by atoms with Crippen LogP contribution in [0.5, 0.6) is 0 Å². The van der Waals surface area contributed by atoms with Crippen LogP contribution in [0.4, 0.5) is 0 Å². The maximum atomic E-state index is 13.9. The number of carbonyl (C=O) groups excluding carboxylic acids is 1. The zero-order valence-corrected chi connectivity index (χ0v) is 25.1. The number of morpholine rings is 1. The van der Waals surface area contributed by atoms with Crippen LogP contribution in [0.15, 0.2) is 4.99 Å². The summed E-state index contributed by atoms with van der Waals surface area (Å²) >= 11 is 6.59. The predicted molar refractivity (Wildman–Crippen MR) is 159 cm³/mol. The molecule has 0 aromatic rings. The molecule has 0 spiro atoms. The number of hydrogen-bond acceptors (Lipinski definition) is 8. The molecule has 0 aromatic heterocycles. The summed E-state index contributed by atoms with van der Waals surface area (Å²) in [5, 5.41) is 6.79. The summed E-state index contributed by atoms with van der Waals surface area (Å²) in [7, 11) is 0. The summed E-state index contributed by atoms with van der Waals surface area (Å²) in [6, 6.07) is 0.720. The fourth-order valence-electron chi connectivity index (χ4n) is 7.64. The second kappa shape index (κ2) is 14.9. The number of likely N-dealkylation sites (tertiary alicyclic amines) is 1. The number of alkyl halides is 1. The van der Waals surface area contributed by atoms with Crippen molar-refractivity contribution in [2.45, 2.75) is 107 Å². The van der Waals surface area contributed by atoms with Gasteiger partial charge in [-0.2, -0.15) is 0 Å². The normalized spacial score (nSPS) is 34.9. The number of ether oxygens (including phenoxy) is 1. The van der Waals surface area contributed by atoms with Gasteiger partial charge in [-0.3, -0.25) is 19.6 Å². The maximum absolute atomic E-state index is 13.9. The Morgan fingerprint density at radius 3 is 2.56 bits per heavy atom. The number of halogens is 1. The first-order valence-corrected chi connectivity index (χ1v) is 16.0. The Hall–Kier alpha value is -0.810. The molecule has 6 N–H and O–H groups in total. The molecule has 0 saturated carbocycles. The number of amides is 1. The van der Waals surface area contributed by atoms with Gasteiger partial charge in [0.05, 0.1) is 42.8 Å². The quantitative estimate of drug-likeness (QED) is 0.248.